The smallest absolute Gasteiger partial charge is 0.243 e. The van der Waals surface area contributed by atoms with Gasteiger partial charge in [-0.05, 0) is 49.6 Å². The standard InChI is InChI=1S/C22H25N5O3S/c1-17(18-10-12-19(13-11-18)26-16-23-15-24-26)25(2)22(28)21-9-6-14-27(21)31(29,30)20-7-4-3-5-8-20/h3-5,7-8,10-13,15-17,21H,6,9,14H2,1-2H3. The minimum atomic E-state index is -3.72. The number of rotatable bonds is 6. The number of hydrogen-bond donors (Lipinski definition) is 0. The van der Waals surface area contributed by atoms with Gasteiger partial charge in [-0.15, -0.1) is 0 Å². The van der Waals surface area contributed by atoms with Crippen molar-refractivity contribution in [3.63, 3.8) is 0 Å². The van der Waals surface area contributed by atoms with Gasteiger partial charge in [0.05, 0.1) is 16.6 Å². The zero-order valence-electron chi connectivity index (χ0n) is 17.5. The summed E-state index contributed by atoms with van der Waals surface area (Å²) in [5, 5.41) is 4.11. The van der Waals surface area contributed by atoms with Gasteiger partial charge < -0.3 is 4.90 Å². The van der Waals surface area contributed by atoms with E-state index in [4.69, 9.17) is 0 Å². The molecule has 4 rings (SSSR count). The molecule has 1 saturated heterocycles. The Morgan fingerprint density at radius 2 is 1.84 bits per heavy atom. The van der Waals surface area contributed by atoms with Crippen LogP contribution in [0.2, 0.25) is 0 Å². The fourth-order valence-electron chi connectivity index (χ4n) is 3.90. The zero-order chi connectivity index (χ0) is 22.0. The summed E-state index contributed by atoms with van der Waals surface area (Å²) in [5.74, 6) is -0.190. The second-order valence-electron chi connectivity index (χ2n) is 7.64. The van der Waals surface area contributed by atoms with Crippen LogP contribution in [-0.2, 0) is 14.8 Å². The molecule has 8 nitrogen and oxygen atoms in total. The van der Waals surface area contributed by atoms with Gasteiger partial charge in [0.15, 0.2) is 0 Å². The molecule has 0 radical (unpaired) electrons. The first-order chi connectivity index (χ1) is 14.9. The lowest BCUT2D eigenvalue weighted by atomic mass is 10.1. The normalized spacial score (nSPS) is 18.1. The molecule has 1 aliphatic rings. The molecule has 162 valence electrons. The van der Waals surface area contributed by atoms with Crippen LogP contribution in [0.5, 0.6) is 0 Å². The van der Waals surface area contributed by atoms with Crippen molar-refractivity contribution in [1.29, 1.82) is 0 Å². The average molecular weight is 440 g/mol. The van der Waals surface area contributed by atoms with Crippen molar-refractivity contribution in [3.05, 3.63) is 72.8 Å². The molecule has 1 aliphatic heterocycles. The van der Waals surface area contributed by atoms with Crippen LogP contribution in [0.1, 0.15) is 31.4 Å². The minimum Gasteiger partial charge on any atom is -0.338 e. The Bertz CT molecular complexity index is 1130. The van der Waals surface area contributed by atoms with E-state index in [9.17, 15) is 13.2 Å². The lowest BCUT2D eigenvalue weighted by Crippen LogP contribution is -2.47. The van der Waals surface area contributed by atoms with E-state index in [2.05, 4.69) is 10.1 Å². The largest absolute Gasteiger partial charge is 0.338 e. The Labute approximate surface area is 182 Å². The molecular formula is C22H25N5O3S. The van der Waals surface area contributed by atoms with Gasteiger partial charge in [0, 0.05) is 13.6 Å². The van der Waals surface area contributed by atoms with Crippen LogP contribution in [0.25, 0.3) is 5.69 Å². The molecule has 0 saturated carbocycles. The number of hydrogen-bond acceptors (Lipinski definition) is 5. The fraction of sp³-hybridized carbons (Fsp3) is 0.318. The maximum absolute atomic E-state index is 13.3. The van der Waals surface area contributed by atoms with Crippen molar-refractivity contribution in [2.24, 2.45) is 0 Å². The van der Waals surface area contributed by atoms with E-state index >= 15 is 0 Å². The Kier molecular flexibility index (Phi) is 5.88. The summed E-state index contributed by atoms with van der Waals surface area (Å²) in [6, 6.07) is 15.1. The highest BCUT2D eigenvalue weighted by Gasteiger charge is 2.41. The van der Waals surface area contributed by atoms with Gasteiger partial charge in [0.2, 0.25) is 15.9 Å². The zero-order valence-corrected chi connectivity index (χ0v) is 18.3. The molecular weight excluding hydrogens is 414 g/mol. The number of carbonyl (C=O) groups excluding carboxylic acids is 1. The number of likely N-dealkylation sites (N-methyl/N-ethyl adjacent to an activating group) is 1. The SMILES string of the molecule is CC(c1ccc(-n2cncn2)cc1)N(C)C(=O)C1CCCN1S(=O)(=O)c1ccccc1. The van der Waals surface area contributed by atoms with Gasteiger partial charge in [-0.2, -0.15) is 9.40 Å². The Balaban J connectivity index is 1.51. The molecule has 9 heteroatoms. The monoisotopic (exact) mass is 439 g/mol. The Hall–Kier alpha value is -3.04. The summed E-state index contributed by atoms with van der Waals surface area (Å²) in [5.41, 5.74) is 1.83. The first-order valence-corrected chi connectivity index (χ1v) is 11.6. The highest BCUT2D eigenvalue weighted by molar-refractivity contribution is 7.89. The molecule has 31 heavy (non-hydrogen) atoms. The molecule has 1 aromatic heterocycles. The van der Waals surface area contributed by atoms with Crippen LogP contribution in [0.4, 0.5) is 0 Å². The molecule has 1 amide bonds. The number of aromatic nitrogens is 3. The topological polar surface area (TPSA) is 88.4 Å². The van der Waals surface area contributed by atoms with Crippen LogP contribution >= 0.6 is 0 Å². The van der Waals surface area contributed by atoms with Gasteiger partial charge in [-0.3, -0.25) is 4.79 Å². The fourth-order valence-corrected chi connectivity index (χ4v) is 5.57. The van der Waals surface area contributed by atoms with Crippen molar-refractivity contribution in [2.75, 3.05) is 13.6 Å². The number of nitrogens with zero attached hydrogens (tertiary/aromatic N) is 5. The van der Waals surface area contributed by atoms with E-state index in [1.807, 2.05) is 31.2 Å². The lowest BCUT2D eigenvalue weighted by molar-refractivity contribution is -0.135. The third kappa shape index (κ3) is 4.11. The molecule has 2 unspecified atom stereocenters. The Morgan fingerprint density at radius 1 is 1.13 bits per heavy atom. The molecule has 0 aliphatic carbocycles. The quantitative estimate of drug-likeness (QED) is 0.589. The van der Waals surface area contributed by atoms with Gasteiger partial charge in [-0.25, -0.2) is 18.1 Å². The molecule has 2 aromatic carbocycles. The number of amides is 1. The summed E-state index contributed by atoms with van der Waals surface area (Å²) in [6.07, 6.45) is 4.28. The lowest BCUT2D eigenvalue weighted by Gasteiger charge is -2.31. The van der Waals surface area contributed by atoms with Gasteiger partial charge in [0.1, 0.15) is 18.7 Å². The third-order valence-electron chi connectivity index (χ3n) is 5.83. The van der Waals surface area contributed by atoms with Gasteiger partial charge in [0.25, 0.3) is 0 Å². The maximum Gasteiger partial charge on any atom is 0.243 e. The molecule has 3 aromatic rings. The molecule has 2 atom stereocenters. The van der Waals surface area contributed by atoms with Crippen molar-refractivity contribution >= 4 is 15.9 Å². The van der Waals surface area contributed by atoms with E-state index < -0.39 is 16.1 Å². The number of benzene rings is 2. The maximum atomic E-state index is 13.3. The van der Waals surface area contributed by atoms with Crippen molar-refractivity contribution in [1.82, 2.24) is 24.0 Å². The van der Waals surface area contributed by atoms with Crippen molar-refractivity contribution in [3.8, 4) is 5.69 Å². The first kappa shape index (κ1) is 21.2. The molecule has 0 spiro atoms. The second kappa shape index (κ2) is 8.60. The van der Waals surface area contributed by atoms with Gasteiger partial charge >= 0.3 is 0 Å². The van der Waals surface area contributed by atoms with Crippen LogP contribution in [0.3, 0.4) is 0 Å². The summed E-state index contributed by atoms with van der Waals surface area (Å²) < 4.78 is 29.2. The van der Waals surface area contributed by atoms with Crippen LogP contribution in [-0.4, -0.2) is 57.9 Å². The molecule has 1 fully saturated rings. The van der Waals surface area contributed by atoms with E-state index in [0.717, 1.165) is 11.3 Å². The highest BCUT2D eigenvalue weighted by Crippen LogP contribution is 2.29. The van der Waals surface area contributed by atoms with Crippen LogP contribution in [0, 0.1) is 0 Å². The minimum absolute atomic E-state index is 0.190. The summed E-state index contributed by atoms with van der Waals surface area (Å²) in [4.78, 5) is 19.1. The summed E-state index contributed by atoms with van der Waals surface area (Å²) in [6.45, 7) is 2.29. The van der Waals surface area contributed by atoms with E-state index in [1.54, 1.807) is 53.3 Å². The summed E-state index contributed by atoms with van der Waals surface area (Å²) in [7, 11) is -1.99. The van der Waals surface area contributed by atoms with E-state index in [-0.39, 0.29) is 16.8 Å². The predicted molar refractivity (Wildman–Crippen MR) is 116 cm³/mol. The average Bonchev–Trinajstić information content (AvgIpc) is 3.51. The summed E-state index contributed by atoms with van der Waals surface area (Å²) >= 11 is 0. The van der Waals surface area contributed by atoms with E-state index in [0.29, 0.717) is 19.4 Å². The van der Waals surface area contributed by atoms with Gasteiger partial charge in [-0.1, -0.05) is 30.3 Å². The van der Waals surface area contributed by atoms with Crippen LogP contribution < -0.4 is 0 Å². The number of carbonyl (C=O) groups is 1. The van der Waals surface area contributed by atoms with Crippen LogP contribution in [0.15, 0.2) is 72.1 Å². The Morgan fingerprint density at radius 3 is 2.48 bits per heavy atom. The second-order valence-corrected chi connectivity index (χ2v) is 9.53. The third-order valence-corrected chi connectivity index (χ3v) is 7.75. The molecule has 2 heterocycles. The predicted octanol–water partition coefficient (Wildman–Crippen LogP) is 2.64. The molecule has 0 bridgehead atoms. The van der Waals surface area contributed by atoms with Crippen molar-refractivity contribution < 1.29 is 13.2 Å². The van der Waals surface area contributed by atoms with E-state index in [1.165, 1.54) is 10.6 Å². The number of sulfonamides is 1. The first-order valence-electron chi connectivity index (χ1n) is 10.2. The highest BCUT2D eigenvalue weighted by atomic mass is 32.2. The van der Waals surface area contributed by atoms with Crippen molar-refractivity contribution in [2.45, 2.75) is 36.7 Å². The molecule has 0 N–H and O–H groups in total.